The highest BCUT2D eigenvalue weighted by atomic mass is 16.6. The molecule has 1 aromatic carbocycles. The molecule has 2 aliphatic heterocycles. The summed E-state index contributed by atoms with van der Waals surface area (Å²) >= 11 is 0. The molecule has 11 nitrogen and oxygen atoms in total. The van der Waals surface area contributed by atoms with Crippen LogP contribution in [-0.2, 0) is 36.8 Å². The Hall–Kier alpha value is -3.41. The molecule has 11 heteroatoms. The molecule has 3 heterocycles. The standard InChI is InChI=1S/C33H46N4O7/c1-21(2)15-26(30(39)33(5)20-43-33)34-31(40)24(16-23-9-7-6-8-10-23)17-28(38)29(22(3)4)35-32(41)27-18-25(44-36-27)19-37-11-13-42-14-12-37/h6-10,18,21-22,24,26,29H,11-17,19-20H2,1-5H3,(H,34,40)(H,35,41)/t24-,26+,29+,33-/m1/s1. The first-order valence-corrected chi connectivity index (χ1v) is 15.6. The van der Waals surface area contributed by atoms with Crippen LogP contribution in [0.4, 0.5) is 0 Å². The van der Waals surface area contributed by atoms with Crippen LogP contribution in [0.25, 0.3) is 0 Å². The molecular weight excluding hydrogens is 564 g/mol. The van der Waals surface area contributed by atoms with E-state index in [-0.39, 0.29) is 41.4 Å². The first-order valence-electron chi connectivity index (χ1n) is 15.6. The monoisotopic (exact) mass is 610 g/mol. The summed E-state index contributed by atoms with van der Waals surface area (Å²) in [5.41, 5.74) is 0.106. The summed E-state index contributed by atoms with van der Waals surface area (Å²) < 4.78 is 16.2. The number of amides is 2. The lowest BCUT2D eigenvalue weighted by Crippen LogP contribution is -2.50. The zero-order chi connectivity index (χ0) is 31.9. The van der Waals surface area contributed by atoms with E-state index in [1.807, 2.05) is 58.0 Å². The van der Waals surface area contributed by atoms with Crippen molar-refractivity contribution >= 4 is 23.4 Å². The Morgan fingerprint density at radius 3 is 2.32 bits per heavy atom. The van der Waals surface area contributed by atoms with Gasteiger partial charge in [-0.1, -0.05) is 63.2 Å². The van der Waals surface area contributed by atoms with E-state index in [4.69, 9.17) is 14.0 Å². The fourth-order valence-electron chi connectivity index (χ4n) is 5.45. The van der Waals surface area contributed by atoms with Crippen LogP contribution in [-0.4, -0.2) is 84.0 Å². The zero-order valence-corrected chi connectivity index (χ0v) is 26.5. The van der Waals surface area contributed by atoms with Crippen molar-refractivity contribution in [2.75, 3.05) is 32.9 Å². The van der Waals surface area contributed by atoms with Crippen LogP contribution in [0.5, 0.6) is 0 Å². The third-order valence-electron chi connectivity index (χ3n) is 8.16. The number of benzene rings is 1. The predicted octanol–water partition coefficient (Wildman–Crippen LogP) is 2.97. The van der Waals surface area contributed by atoms with Crippen molar-refractivity contribution in [3.05, 3.63) is 53.4 Å². The summed E-state index contributed by atoms with van der Waals surface area (Å²) in [7, 11) is 0. The van der Waals surface area contributed by atoms with Crippen molar-refractivity contribution in [1.82, 2.24) is 20.7 Å². The lowest BCUT2D eigenvalue weighted by Gasteiger charge is -2.26. The average Bonchev–Trinajstić information content (AvgIpc) is 3.57. The minimum atomic E-state index is -0.881. The molecule has 4 atom stereocenters. The Morgan fingerprint density at radius 1 is 1.02 bits per heavy atom. The Bertz CT molecular complexity index is 1280. The lowest BCUT2D eigenvalue weighted by molar-refractivity contribution is -0.134. The molecule has 1 aromatic heterocycles. The van der Waals surface area contributed by atoms with Gasteiger partial charge in [0, 0.05) is 31.5 Å². The molecule has 0 saturated carbocycles. The van der Waals surface area contributed by atoms with Gasteiger partial charge in [0.2, 0.25) is 5.91 Å². The molecule has 240 valence electrons. The number of carbonyl (C=O) groups is 4. The Balaban J connectivity index is 1.45. The Kier molecular flexibility index (Phi) is 11.5. The van der Waals surface area contributed by atoms with Crippen LogP contribution < -0.4 is 10.6 Å². The van der Waals surface area contributed by atoms with Crippen LogP contribution in [0.15, 0.2) is 40.9 Å². The third kappa shape index (κ3) is 9.30. The van der Waals surface area contributed by atoms with Crippen molar-refractivity contribution in [2.45, 2.75) is 78.1 Å². The highest BCUT2D eigenvalue weighted by Crippen LogP contribution is 2.30. The summed E-state index contributed by atoms with van der Waals surface area (Å²) in [6.45, 7) is 13.1. The predicted molar refractivity (Wildman–Crippen MR) is 163 cm³/mol. The number of hydrogen-bond acceptors (Lipinski definition) is 9. The Labute approximate surface area is 259 Å². The smallest absolute Gasteiger partial charge is 0.274 e. The van der Waals surface area contributed by atoms with Gasteiger partial charge in [0.05, 0.1) is 38.4 Å². The molecule has 0 unspecified atom stereocenters. The number of epoxide rings is 1. The van der Waals surface area contributed by atoms with Gasteiger partial charge in [-0.15, -0.1) is 0 Å². The van der Waals surface area contributed by atoms with Gasteiger partial charge in [0.15, 0.2) is 23.0 Å². The fraction of sp³-hybridized carbons (Fsp3) is 0.606. The average molecular weight is 611 g/mol. The zero-order valence-electron chi connectivity index (χ0n) is 26.5. The molecule has 0 radical (unpaired) electrons. The number of nitrogens with zero attached hydrogens (tertiary/aromatic N) is 2. The molecule has 2 N–H and O–H groups in total. The summed E-state index contributed by atoms with van der Waals surface area (Å²) in [6, 6.07) is 9.48. The summed E-state index contributed by atoms with van der Waals surface area (Å²) in [6.07, 6.45) is 0.661. The lowest BCUT2D eigenvalue weighted by atomic mass is 9.87. The maximum absolute atomic E-state index is 13.8. The number of rotatable bonds is 16. The first kappa shape index (κ1) is 33.5. The minimum Gasteiger partial charge on any atom is -0.379 e. The molecule has 44 heavy (non-hydrogen) atoms. The summed E-state index contributed by atoms with van der Waals surface area (Å²) in [4.78, 5) is 56.0. The number of morpholine rings is 1. The van der Waals surface area contributed by atoms with Gasteiger partial charge in [-0.3, -0.25) is 24.1 Å². The number of ketones is 2. The van der Waals surface area contributed by atoms with Gasteiger partial charge in [0.25, 0.3) is 5.91 Å². The SMILES string of the molecule is CC(C)C[C@H](NC(=O)[C@@H](CC(=O)[C@@H](NC(=O)c1cc(CN2CCOCC2)on1)C(C)C)Cc1ccccc1)C(=O)[C@@]1(C)CO1. The quantitative estimate of drug-likeness (QED) is 0.274. The van der Waals surface area contributed by atoms with E-state index in [0.717, 1.165) is 18.7 Å². The molecule has 4 rings (SSSR count). The van der Waals surface area contributed by atoms with Crippen LogP contribution >= 0.6 is 0 Å². The molecule has 0 spiro atoms. The largest absolute Gasteiger partial charge is 0.379 e. The van der Waals surface area contributed by atoms with Gasteiger partial charge in [0.1, 0.15) is 5.60 Å². The van der Waals surface area contributed by atoms with E-state index in [2.05, 4.69) is 20.7 Å². The van der Waals surface area contributed by atoms with Gasteiger partial charge in [-0.2, -0.15) is 0 Å². The molecule has 2 aliphatic rings. The maximum Gasteiger partial charge on any atom is 0.274 e. The second kappa shape index (κ2) is 15.0. The number of Topliss-reactive ketones (excluding diaryl/α,β-unsaturated/α-hetero) is 2. The van der Waals surface area contributed by atoms with Gasteiger partial charge < -0.3 is 24.6 Å². The van der Waals surface area contributed by atoms with E-state index in [9.17, 15) is 19.2 Å². The first-order chi connectivity index (χ1) is 20.9. The molecule has 2 amide bonds. The van der Waals surface area contributed by atoms with E-state index >= 15 is 0 Å². The summed E-state index contributed by atoms with van der Waals surface area (Å²) in [5.74, 6) is -1.59. The van der Waals surface area contributed by atoms with Crippen molar-refractivity contribution in [2.24, 2.45) is 17.8 Å². The van der Waals surface area contributed by atoms with Crippen molar-refractivity contribution in [1.29, 1.82) is 0 Å². The van der Waals surface area contributed by atoms with Gasteiger partial charge >= 0.3 is 0 Å². The highest BCUT2D eigenvalue weighted by Gasteiger charge is 2.50. The Morgan fingerprint density at radius 2 is 1.70 bits per heavy atom. The molecule has 0 aliphatic carbocycles. The maximum atomic E-state index is 13.8. The number of aromatic nitrogens is 1. The molecule has 0 bridgehead atoms. The number of nitrogens with one attached hydrogen (secondary N) is 2. The van der Waals surface area contributed by atoms with Crippen molar-refractivity contribution in [3.63, 3.8) is 0 Å². The summed E-state index contributed by atoms with van der Waals surface area (Å²) in [5, 5.41) is 9.71. The van der Waals surface area contributed by atoms with Crippen LogP contribution in [0.1, 0.15) is 69.3 Å². The van der Waals surface area contributed by atoms with Crippen molar-refractivity contribution < 1.29 is 33.2 Å². The molecule has 2 aromatic rings. The minimum absolute atomic E-state index is 0.0936. The van der Waals surface area contributed by atoms with Crippen LogP contribution in [0, 0.1) is 17.8 Å². The third-order valence-corrected chi connectivity index (χ3v) is 8.16. The second-order valence-electron chi connectivity index (χ2n) is 12.9. The van der Waals surface area contributed by atoms with E-state index < -0.39 is 29.5 Å². The van der Waals surface area contributed by atoms with Crippen LogP contribution in [0.2, 0.25) is 0 Å². The van der Waals surface area contributed by atoms with Gasteiger partial charge in [-0.25, -0.2) is 0 Å². The fourth-order valence-corrected chi connectivity index (χ4v) is 5.45. The van der Waals surface area contributed by atoms with Gasteiger partial charge in [-0.05, 0) is 37.2 Å². The van der Waals surface area contributed by atoms with E-state index in [1.165, 1.54) is 0 Å². The number of ether oxygens (including phenoxy) is 2. The molecule has 2 fully saturated rings. The normalized spacial score (nSPS) is 20.6. The highest BCUT2D eigenvalue weighted by molar-refractivity contribution is 5.99. The topological polar surface area (TPSA) is 143 Å². The molecular formula is C33H46N4O7. The van der Waals surface area contributed by atoms with Crippen molar-refractivity contribution in [3.8, 4) is 0 Å². The van der Waals surface area contributed by atoms with E-state index in [1.54, 1.807) is 13.0 Å². The molecule has 2 saturated heterocycles. The van der Waals surface area contributed by atoms with Crippen LogP contribution in [0.3, 0.4) is 0 Å². The number of carbonyl (C=O) groups excluding carboxylic acids is 4. The second-order valence-corrected chi connectivity index (χ2v) is 12.9. The van der Waals surface area contributed by atoms with E-state index in [0.29, 0.717) is 45.0 Å². The number of hydrogen-bond donors (Lipinski definition) is 2.